The van der Waals surface area contributed by atoms with Gasteiger partial charge in [0.2, 0.25) is 6.41 Å². The van der Waals surface area contributed by atoms with Crippen LogP contribution in [-0.4, -0.2) is 43.2 Å². The van der Waals surface area contributed by atoms with Gasteiger partial charge in [-0.1, -0.05) is 6.92 Å². The van der Waals surface area contributed by atoms with Crippen LogP contribution in [0.2, 0.25) is 0 Å². The van der Waals surface area contributed by atoms with Crippen molar-refractivity contribution in [2.75, 3.05) is 20.8 Å². The van der Waals surface area contributed by atoms with Crippen molar-refractivity contribution in [3.8, 4) is 11.5 Å². The van der Waals surface area contributed by atoms with Crippen molar-refractivity contribution < 1.29 is 24.2 Å². The molecule has 1 unspecified atom stereocenters. The van der Waals surface area contributed by atoms with Crippen LogP contribution < -0.4 is 9.47 Å². The third kappa shape index (κ3) is 3.40. The molecule has 0 saturated carbocycles. The maximum Gasteiger partial charge on any atom is 0.331 e. The number of methoxy groups -OCH3 is 2. The van der Waals surface area contributed by atoms with E-state index < -0.39 is 12.0 Å². The first-order chi connectivity index (χ1) is 9.58. The SMILES string of the molecule is CCCN(C=O)C(C(=O)O)c1ccc(OC)cc1OC. The Balaban J connectivity index is 3.27. The van der Waals surface area contributed by atoms with Gasteiger partial charge in [0.1, 0.15) is 11.5 Å². The summed E-state index contributed by atoms with van der Waals surface area (Å²) in [6.07, 6.45) is 1.22. The molecule has 1 amide bonds. The molecule has 0 heterocycles. The number of nitrogens with zero attached hydrogens (tertiary/aromatic N) is 1. The van der Waals surface area contributed by atoms with Crippen LogP contribution in [-0.2, 0) is 9.59 Å². The number of carboxylic acids is 1. The van der Waals surface area contributed by atoms with Crippen LogP contribution in [0.3, 0.4) is 0 Å². The molecule has 0 bridgehead atoms. The summed E-state index contributed by atoms with van der Waals surface area (Å²) in [5.41, 5.74) is 0.418. The van der Waals surface area contributed by atoms with E-state index in [1.807, 2.05) is 6.92 Å². The quantitative estimate of drug-likeness (QED) is 0.734. The van der Waals surface area contributed by atoms with E-state index in [1.165, 1.54) is 19.1 Å². The molecule has 0 radical (unpaired) electrons. The zero-order valence-corrected chi connectivity index (χ0v) is 11.8. The molecule has 1 aromatic carbocycles. The Hall–Kier alpha value is -2.24. The minimum Gasteiger partial charge on any atom is -0.497 e. The van der Waals surface area contributed by atoms with Crippen molar-refractivity contribution in [2.45, 2.75) is 19.4 Å². The maximum atomic E-state index is 11.5. The molecule has 0 aliphatic rings. The van der Waals surface area contributed by atoms with Crippen molar-refractivity contribution in [1.82, 2.24) is 4.90 Å². The number of carbonyl (C=O) groups is 2. The summed E-state index contributed by atoms with van der Waals surface area (Å²) in [6.45, 7) is 2.23. The summed E-state index contributed by atoms with van der Waals surface area (Å²) in [5.74, 6) is -0.170. The van der Waals surface area contributed by atoms with Gasteiger partial charge in [-0.2, -0.15) is 0 Å². The van der Waals surface area contributed by atoms with Gasteiger partial charge in [-0.15, -0.1) is 0 Å². The summed E-state index contributed by atoms with van der Waals surface area (Å²) in [6, 6.07) is 3.76. The number of rotatable bonds is 8. The number of benzene rings is 1. The molecule has 0 aliphatic carbocycles. The lowest BCUT2D eigenvalue weighted by atomic mass is 10.0. The normalized spacial score (nSPS) is 11.6. The molecule has 6 nitrogen and oxygen atoms in total. The molecule has 0 spiro atoms. The molecule has 1 N–H and O–H groups in total. The van der Waals surface area contributed by atoms with Crippen LogP contribution in [0, 0.1) is 0 Å². The van der Waals surface area contributed by atoms with Crippen molar-refractivity contribution in [3.63, 3.8) is 0 Å². The van der Waals surface area contributed by atoms with Gasteiger partial charge >= 0.3 is 5.97 Å². The molecular weight excluding hydrogens is 262 g/mol. The largest absolute Gasteiger partial charge is 0.497 e. The number of aliphatic carboxylic acids is 1. The van der Waals surface area contributed by atoms with Gasteiger partial charge in [0.25, 0.3) is 0 Å². The zero-order valence-electron chi connectivity index (χ0n) is 11.8. The van der Waals surface area contributed by atoms with Gasteiger partial charge in [0, 0.05) is 18.2 Å². The first-order valence-electron chi connectivity index (χ1n) is 6.24. The summed E-state index contributed by atoms with van der Waals surface area (Å²) in [7, 11) is 2.96. The molecule has 1 atom stereocenters. The Bertz CT molecular complexity index is 475. The first-order valence-corrected chi connectivity index (χ1v) is 6.24. The lowest BCUT2D eigenvalue weighted by Crippen LogP contribution is -2.34. The van der Waals surface area contributed by atoms with Crippen LogP contribution in [0.5, 0.6) is 11.5 Å². The molecule has 0 aliphatic heterocycles. The summed E-state index contributed by atoms with van der Waals surface area (Å²) < 4.78 is 10.3. The Morgan fingerprint density at radius 2 is 2.10 bits per heavy atom. The lowest BCUT2D eigenvalue weighted by molar-refractivity contribution is -0.146. The highest BCUT2D eigenvalue weighted by atomic mass is 16.5. The standard InChI is InChI=1S/C14H19NO5/c1-4-7-15(9-16)13(14(17)18)11-6-5-10(19-2)8-12(11)20-3/h5-6,8-9,13H,4,7H2,1-3H3,(H,17,18). The first kappa shape index (κ1) is 15.8. The van der Waals surface area contributed by atoms with Crippen LogP contribution in [0.15, 0.2) is 18.2 Å². The fourth-order valence-electron chi connectivity index (χ4n) is 2.00. The van der Waals surface area contributed by atoms with Crippen molar-refractivity contribution in [3.05, 3.63) is 23.8 Å². The molecule has 0 fully saturated rings. The fourth-order valence-corrected chi connectivity index (χ4v) is 2.00. The van der Waals surface area contributed by atoms with Gasteiger partial charge in [-0.05, 0) is 18.6 Å². The maximum absolute atomic E-state index is 11.5. The van der Waals surface area contributed by atoms with E-state index in [0.717, 1.165) is 0 Å². The van der Waals surface area contributed by atoms with Crippen LogP contribution >= 0.6 is 0 Å². The molecule has 20 heavy (non-hydrogen) atoms. The van der Waals surface area contributed by atoms with E-state index >= 15 is 0 Å². The summed E-state index contributed by atoms with van der Waals surface area (Å²) in [4.78, 5) is 23.9. The van der Waals surface area contributed by atoms with Gasteiger partial charge in [-0.25, -0.2) is 4.79 Å². The lowest BCUT2D eigenvalue weighted by Gasteiger charge is -2.26. The Morgan fingerprint density at radius 1 is 1.40 bits per heavy atom. The Morgan fingerprint density at radius 3 is 2.55 bits per heavy atom. The van der Waals surface area contributed by atoms with E-state index in [-0.39, 0.29) is 0 Å². The van der Waals surface area contributed by atoms with Gasteiger partial charge in [0.15, 0.2) is 6.04 Å². The Labute approximate surface area is 117 Å². The molecule has 0 aromatic heterocycles. The van der Waals surface area contributed by atoms with E-state index in [1.54, 1.807) is 18.2 Å². The third-order valence-corrected chi connectivity index (χ3v) is 2.92. The zero-order chi connectivity index (χ0) is 15.1. The molecule has 0 saturated heterocycles. The van der Waals surface area contributed by atoms with Crippen molar-refractivity contribution in [1.29, 1.82) is 0 Å². The number of hydrogen-bond acceptors (Lipinski definition) is 4. The smallest absolute Gasteiger partial charge is 0.331 e. The number of hydrogen-bond donors (Lipinski definition) is 1. The molecule has 6 heteroatoms. The molecular formula is C14H19NO5. The molecule has 1 rings (SSSR count). The number of carboxylic acid groups (broad SMARTS) is 1. The number of carbonyl (C=O) groups excluding carboxylic acids is 1. The van der Waals surface area contributed by atoms with Crippen molar-refractivity contribution >= 4 is 12.4 Å². The van der Waals surface area contributed by atoms with E-state index in [0.29, 0.717) is 36.4 Å². The van der Waals surface area contributed by atoms with Gasteiger partial charge < -0.3 is 19.5 Å². The minimum absolute atomic E-state index is 0.357. The Kier molecular flexibility index (Phi) is 5.83. The average molecular weight is 281 g/mol. The van der Waals surface area contributed by atoms with Crippen LogP contribution in [0.4, 0.5) is 0 Å². The summed E-state index contributed by atoms with van der Waals surface area (Å²) in [5, 5.41) is 9.41. The second kappa shape index (κ2) is 7.37. The predicted octanol–water partition coefficient (Wildman–Crippen LogP) is 1.70. The van der Waals surface area contributed by atoms with Crippen LogP contribution in [0.1, 0.15) is 24.9 Å². The second-order valence-corrected chi connectivity index (χ2v) is 4.19. The fraction of sp³-hybridized carbons (Fsp3) is 0.429. The van der Waals surface area contributed by atoms with Gasteiger partial charge in [0.05, 0.1) is 14.2 Å². The van der Waals surface area contributed by atoms with Crippen molar-refractivity contribution in [2.24, 2.45) is 0 Å². The predicted molar refractivity (Wildman–Crippen MR) is 73.0 cm³/mol. The number of amides is 1. The highest BCUT2D eigenvalue weighted by Crippen LogP contribution is 2.32. The van der Waals surface area contributed by atoms with E-state index in [2.05, 4.69) is 0 Å². The van der Waals surface area contributed by atoms with E-state index in [9.17, 15) is 14.7 Å². The van der Waals surface area contributed by atoms with Crippen LogP contribution in [0.25, 0.3) is 0 Å². The third-order valence-electron chi connectivity index (χ3n) is 2.92. The molecule has 1 aromatic rings. The van der Waals surface area contributed by atoms with E-state index in [4.69, 9.17) is 9.47 Å². The number of ether oxygens (including phenoxy) is 2. The summed E-state index contributed by atoms with van der Waals surface area (Å²) >= 11 is 0. The topological polar surface area (TPSA) is 76.1 Å². The second-order valence-electron chi connectivity index (χ2n) is 4.19. The monoisotopic (exact) mass is 281 g/mol. The highest BCUT2D eigenvalue weighted by Gasteiger charge is 2.29. The van der Waals surface area contributed by atoms with Gasteiger partial charge in [-0.3, -0.25) is 4.79 Å². The highest BCUT2D eigenvalue weighted by molar-refractivity contribution is 5.79. The average Bonchev–Trinajstić information content (AvgIpc) is 2.46. The minimum atomic E-state index is -1.10. The molecule has 110 valence electrons.